The Bertz CT molecular complexity index is 1420. The monoisotopic (exact) mass is 402 g/mol. The first-order valence-corrected chi connectivity index (χ1v) is 9.67. The highest BCUT2D eigenvalue weighted by molar-refractivity contribution is 7.17. The molecule has 5 rings (SSSR count). The molecule has 142 valence electrons. The summed E-state index contributed by atoms with van der Waals surface area (Å²) >= 11 is 1.64. The van der Waals surface area contributed by atoms with E-state index in [1.165, 1.54) is 0 Å². The van der Waals surface area contributed by atoms with Crippen LogP contribution < -0.4 is 15.7 Å². The molecule has 0 aliphatic rings. The lowest BCUT2D eigenvalue weighted by atomic mass is 10.1. The Labute approximate surface area is 168 Å². The summed E-state index contributed by atoms with van der Waals surface area (Å²) in [6.45, 7) is 0. The van der Waals surface area contributed by atoms with Gasteiger partial charge in [0.25, 0.3) is 5.91 Å². The molecule has 5 aromatic rings. The highest BCUT2D eigenvalue weighted by atomic mass is 32.1. The van der Waals surface area contributed by atoms with Crippen LogP contribution in [-0.2, 0) is 0 Å². The van der Waals surface area contributed by atoms with Gasteiger partial charge < -0.3 is 15.0 Å². The van der Waals surface area contributed by atoms with Crippen molar-refractivity contribution in [3.05, 3.63) is 82.2 Å². The number of anilines is 1. The van der Waals surface area contributed by atoms with Crippen molar-refractivity contribution in [2.24, 2.45) is 0 Å². The van der Waals surface area contributed by atoms with Gasteiger partial charge in [0.15, 0.2) is 11.4 Å². The van der Waals surface area contributed by atoms with Crippen LogP contribution in [0.5, 0.6) is 11.5 Å². The smallest absolute Gasteiger partial charge is 0.325 e. The number of nitrogens with zero attached hydrogens (tertiary/aromatic N) is 1. The number of imidazole rings is 1. The molecule has 0 fully saturated rings. The van der Waals surface area contributed by atoms with Crippen molar-refractivity contribution in [1.29, 1.82) is 0 Å². The van der Waals surface area contributed by atoms with Crippen LogP contribution in [0, 0.1) is 0 Å². The topological polar surface area (TPSA) is 99.9 Å². The molecule has 8 heteroatoms. The third kappa shape index (κ3) is 3.37. The number of rotatable bonds is 4. The minimum absolute atomic E-state index is 0.198. The zero-order chi connectivity index (χ0) is 19.8. The number of H-pyrrole nitrogens is 2. The maximum Gasteiger partial charge on any atom is 0.325 e. The van der Waals surface area contributed by atoms with Crippen molar-refractivity contribution in [1.82, 2.24) is 15.0 Å². The van der Waals surface area contributed by atoms with Gasteiger partial charge in [0.05, 0.1) is 0 Å². The molecule has 0 radical (unpaired) electrons. The second-order valence-electron chi connectivity index (χ2n) is 6.37. The molecular formula is C21H14N4O3S. The fourth-order valence-corrected chi connectivity index (χ4v) is 3.84. The van der Waals surface area contributed by atoms with Crippen LogP contribution in [0.15, 0.2) is 71.0 Å². The van der Waals surface area contributed by atoms with E-state index in [4.69, 9.17) is 4.74 Å². The molecule has 0 aliphatic carbocycles. The van der Waals surface area contributed by atoms with E-state index in [9.17, 15) is 9.59 Å². The molecule has 0 spiro atoms. The first kappa shape index (κ1) is 17.2. The summed E-state index contributed by atoms with van der Waals surface area (Å²) in [4.78, 5) is 33.5. The standard InChI is InChI=1S/C21H14N4O3S/c26-20(13-4-5-17-12(10-13)7-9-29-17)23-14-2-1-3-15(11-14)28-16-6-8-22-19-18(16)24-21(27)25-19/h1-11H,(H,23,26)(H2,22,24,25,27). The van der Waals surface area contributed by atoms with E-state index >= 15 is 0 Å². The minimum Gasteiger partial charge on any atom is -0.455 e. The molecular weight excluding hydrogens is 388 g/mol. The van der Waals surface area contributed by atoms with Gasteiger partial charge in [-0.2, -0.15) is 0 Å². The molecule has 3 aromatic heterocycles. The average molecular weight is 402 g/mol. The number of carbonyl (C=O) groups excluding carboxylic acids is 1. The number of hydrogen-bond acceptors (Lipinski definition) is 5. The van der Waals surface area contributed by atoms with Gasteiger partial charge in [-0.15, -0.1) is 11.3 Å². The third-order valence-electron chi connectivity index (χ3n) is 4.42. The van der Waals surface area contributed by atoms with E-state index in [-0.39, 0.29) is 11.6 Å². The molecule has 1 amide bonds. The van der Waals surface area contributed by atoms with Crippen molar-refractivity contribution < 1.29 is 9.53 Å². The number of thiophene rings is 1. The molecule has 0 atom stereocenters. The Morgan fingerprint density at radius 2 is 2.00 bits per heavy atom. The number of aromatic nitrogens is 3. The van der Waals surface area contributed by atoms with E-state index in [1.54, 1.807) is 47.9 Å². The van der Waals surface area contributed by atoms with Crippen molar-refractivity contribution in [2.45, 2.75) is 0 Å². The van der Waals surface area contributed by atoms with Gasteiger partial charge in [-0.05, 0) is 47.2 Å². The van der Waals surface area contributed by atoms with Crippen LogP contribution in [-0.4, -0.2) is 20.9 Å². The van der Waals surface area contributed by atoms with Gasteiger partial charge in [0, 0.05) is 34.3 Å². The first-order valence-electron chi connectivity index (χ1n) is 8.79. The highest BCUT2D eigenvalue weighted by Gasteiger charge is 2.10. The SMILES string of the molecule is O=C(Nc1cccc(Oc2ccnc3[nH]c(=O)[nH]c23)c1)c1ccc2sccc2c1. The van der Waals surface area contributed by atoms with Crippen molar-refractivity contribution in [3.8, 4) is 11.5 Å². The van der Waals surface area contributed by atoms with E-state index in [1.807, 2.05) is 29.6 Å². The molecule has 3 N–H and O–H groups in total. The molecule has 0 saturated carbocycles. The number of amides is 1. The molecule has 0 saturated heterocycles. The minimum atomic E-state index is -0.354. The Balaban J connectivity index is 1.39. The Hall–Kier alpha value is -3.91. The number of benzene rings is 2. The first-order chi connectivity index (χ1) is 14.2. The fourth-order valence-electron chi connectivity index (χ4n) is 3.07. The lowest BCUT2D eigenvalue weighted by Crippen LogP contribution is -2.11. The number of ether oxygens (including phenoxy) is 1. The van der Waals surface area contributed by atoms with E-state index in [0.717, 1.165) is 10.1 Å². The van der Waals surface area contributed by atoms with E-state index < -0.39 is 0 Å². The summed E-state index contributed by atoms with van der Waals surface area (Å²) in [5.74, 6) is 0.780. The summed E-state index contributed by atoms with van der Waals surface area (Å²) < 4.78 is 7.04. The second-order valence-corrected chi connectivity index (χ2v) is 7.32. The van der Waals surface area contributed by atoms with Crippen molar-refractivity contribution in [2.75, 3.05) is 5.32 Å². The zero-order valence-corrected chi connectivity index (χ0v) is 15.7. The lowest BCUT2D eigenvalue weighted by molar-refractivity contribution is 0.102. The maximum absolute atomic E-state index is 12.6. The predicted octanol–water partition coefficient (Wildman–Crippen LogP) is 4.51. The molecule has 2 aromatic carbocycles. The van der Waals surface area contributed by atoms with Gasteiger partial charge in [-0.3, -0.25) is 9.78 Å². The molecule has 3 heterocycles. The Morgan fingerprint density at radius 3 is 2.93 bits per heavy atom. The van der Waals surface area contributed by atoms with Crippen LogP contribution in [0.3, 0.4) is 0 Å². The molecule has 0 bridgehead atoms. The largest absolute Gasteiger partial charge is 0.455 e. The molecule has 7 nitrogen and oxygen atoms in total. The molecule has 29 heavy (non-hydrogen) atoms. The lowest BCUT2D eigenvalue weighted by Gasteiger charge is -2.09. The van der Waals surface area contributed by atoms with Gasteiger partial charge in [-0.25, -0.2) is 9.78 Å². The highest BCUT2D eigenvalue weighted by Crippen LogP contribution is 2.28. The number of carbonyl (C=O) groups is 1. The summed E-state index contributed by atoms with van der Waals surface area (Å²) in [5.41, 5.74) is 1.73. The van der Waals surface area contributed by atoms with E-state index in [0.29, 0.717) is 33.9 Å². The summed E-state index contributed by atoms with van der Waals surface area (Å²) in [7, 11) is 0. The second kappa shape index (κ2) is 6.92. The van der Waals surface area contributed by atoms with Crippen molar-refractivity contribution in [3.63, 3.8) is 0 Å². The zero-order valence-electron chi connectivity index (χ0n) is 14.9. The van der Waals surface area contributed by atoms with Crippen LogP contribution in [0.25, 0.3) is 21.3 Å². The van der Waals surface area contributed by atoms with Crippen molar-refractivity contribution >= 4 is 44.2 Å². The van der Waals surface area contributed by atoms with Crippen LogP contribution in [0.4, 0.5) is 5.69 Å². The van der Waals surface area contributed by atoms with Gasteiger partial charge in [0.1, 0.15) is 11.3 Å². The fraction of sp³-hybridized carbons (Fsp3) is 0. The third-order valence-corrected chi connectivity index (χ3v) is 5.32. The summed E-state index contributed by atoms with van der Waals surface area (Å²) in [6, 6.07) is 16.3. The number of fused-ring (bicyclic) bond motifs is 2. The van der Waals surface area contributed by atoms with Crippen LogP contribution in [0.2, 0.25) is 0 Å². The average Bonchev–Trinajstić information content (AvgIpc) is 3.33. The van der Waals surface area contributed by atoms with Gasteiger partial charge in [0.2, 0.25) is 0 Å². The van der Waals surface area contributed by atoms with Crippen LogP contribution >= 0.6 is 11.3 Å². The van der Waals surface area contributed by atoms with Crippen LogP contribution in [0.1, 0.15) is 10.4 Å². The summed E-state index contributed by atoms with van der Waals surface area (Å²) in [6.07, 6.45) is 1.55. The maximum atomic E-state index is 12.6. The number of aromatic amines is 2. The van der Waals surface area contributed by atoms with Gasteiger partial charge in [-0.1, -0.05) is 6.07 Å². The number of pyridine rings is 1. The normalized spacial score (nSPS) is 11.0. The predicted molar refractivity (Wildman–Crippen MR) is 113 cm³/mol. The van der Waals surface area contributed by atoms with E-state index in [2.05, 4.69) is 20.3 Å². The Morgan fingerprint density at radius 1 is 1.07 bits per heavy atom. The number of hydrogen-bond donors (Lipinski definition) is 3. The molecule has 0 unspecified atom stereocenters. The summed E-state index contributed by atoms with van der Waals surface area (Å²) in [5, 5.41) is 5.94. The Kier molecular flexibility index (Phi) is 4.10. The quantitative estimate of drug-likeness (QED) is 0.412. The number of nitrogens with one attached hydrogen (secondary N) is 3. The molecule has 0 aliphatic heterocycles. The van der Waals surface area contributed by atoms with Gasteiger partial charge >= 0.3 is 5.69 Å².